The zero-order valence-corrected chi connectivity index (χ0v) is 48.3. The first kappa shape index (κ1) is 51.8. The van der Waals surface area contributed by atoms with Gasteiger partial charge in [0.05, 0.1) is 16.9 Å². The SMILES string of the molecule is CC1C=CC2=C3[C@@H](C)C(c4c(N(c5ccc(C(C)(C)C)cc5)c5ccc(C(C)(C)C)cc5)cccc4N(c4ccc(C(C)(C)C)cc4)c4ccc(C(C)(C)C)cc4)=Cc4c(n2c2ccc(C(C)(C)C)cc2c4=O)C31C. The molecule has 2 heterocycles. The highest BCUT2D eigenvalue weighted by molar-refractivity contribution is 6.04. The quantitative estimate of drug-likeness (QED) is 0.159. The largest absolute Gasteiger partial charge is 0.312 e. The van der Waals surface area contributed by atoms with E-state index in [9.17, 15) is 0 Å². The van der Waals surface area contributed by atoms with E-state index in [1.807, 2.05) is 0 Å². The second kappa shape index (κ2) is 17.7. The fraction of sp³-hybridized carbons (Fsp3) is 0.366. The van der Waals surface area contributed by atoms with E-state index in [0.717, 1.165) is 73.0 Å². The molecule has 0 saturated carbocycles. The van der Waals surface area contributed by atoms with E-state index in [4.69, 9.17) is 0 Å². The molecule has 3 atom stereocenters. The van der Waals surface area contributed by atoms with Crippen molar-refractivity contribution in [2.24, 2.45) is 11.8 Å². The zero-order valence-electron chi connectivity index (χ0n) is 48.3. The zero-order chi connectivity index (χ0) is 54.1. The number of benzene rings is 6. The van der Waals surface area contributed by atoms with Crippen molar-refractivity contribution >= 4 is 62.4 Å². The molecular formula is C71H81N3O. The number of fused-ring (bicyclic) bond motifs is 3. The number of rotatable bonds is 7. The molecule has 2 unspecified atom stereocenters. The summed E-state index contributed by atoms with van der Waals surface area (Å²) >= 11 is 0. The van der Waals surface area contributed by atoms with E-state index in [2.05, 4.69) is 291 Å². The molecule has 0 N–H and O–H groups in total. The Bertz CT molecular complexity index is 3270. The van der Waals surface area contributed by atoms with E-state index < -0.39 is 5.41 Å². The molecule has 2 aliphatic carbocycles. The van der Waals surface area contributed by atoms with Crippen LogP contribution in [0.3, 0.4) is 0 Å². The summed E-state index contributed by atoms with van der Waals surface area (Å²) in [6.07, 6.45) is 7.06. The maximum Gasteiger partial charge on any atom is 0.196 e. The highest BCUT2D eigenvalue weighted by Gasteiger charge is 2.52. The number of pyridine rings is 1. The molecule has 1 aromatic heterocycles. The minimum atomic E-state index is -0.432. The highest BCUT2D eigenvalue weighted by Crippen LogP contribution is 2.61. The summed E-state index contributed by atoms with van der Waals surface area (Å²) in [6, 6.07) is 50.3. The van der Waals surface area contributed by atoms with Gasteiger partial charge in [-0.15, -0.1) is 0 Å². The summed E-state index contributed by atoms with van der Waals surface area (Å²) < 4.78 is 2.46. The summed E-state index contributed by atoms with van der Waals surface area (Å²) in [5, 5.41) is 0.767. The van der Waals surface area contributed by atoms with Gasteiger partial charge in [0.15, 0.2) is 5.43 Å². The molecule has 0 fully saturated rings. The maximum atomic E-state index is 16.0. The van der Waals surface area contributed by atoms with Crippen molar-refractivity contribution in [3.05, 3.63) is 206 Å². The van der Waals surface area contributed by atoms with Gasteiger partial charge in [0, 0.05) is 62.0 Å². The van der Waals surface area contributed by atoms with E-state index in [1.54, 1.807) is 0 Å². The monoisotopic (exact) mass is 992 g/mol. The molecule has 0 amide bonds. The molecule has 1 aliphatic heterocycles. The van der Waals surface area contributed by atoms with Crippen LogP contribution in [0, 0.1) is 11.8 Å². The Morgan fingerprint density at radius 3 is 1.24 bits per heavy atom. The molecule has 4 nitrogen and oxygen atoms in total. The minimum Gasteiger partial charge on any atom is -0.312 e. The first-order chi connectivity index (χ1) is 35.0. The molecule has 3 aliphatic rings. The fourth-order valence-electron chi connectivity index (χ4n) is 12.2. The van der Waals surface area contributed by atoms with Crippen LogP contribution in [0.25, 0.3) is 28.2 Å². The van der Waals surface area contributed by atoms with Crippen LogP contribution in [-0.2, 0) is 32.5 Å². The van der Waals surface area contributed by atoms with Crippen LogP contribution in [0.1, 0.15) is 169 Å². The Labute approximate surface area is 449 Å². The second-order valence-electron chi connectivity index (χ2n) is 27.4. The van der Waals surface area contributed by atoms with Crippen molar-refractivity contribution in [1.82, 2.24) is 4.57 Å². The Hall–Kier alpha value is -6.65. The smallest absolute Gasteiger partial charge is 0.196 e. The lowest BCUT2D eigenvalue weighted by molar-refractivity contribution is 0.413. The van der Waals surface area contributed by atoms with Gasteiger partial charge < -0.3 is 14.4 Å². The van der Waals surface area contributed by atoms with Gasteiger partial charge in [-0.25, -0.2) is 0 Å². The molecule has 75 heavy (non-hydrogen) atoms. The van der Waals surface area contributed by atoms with Gasteiger partial charge in [0.1, 0.15) is 0 Å². The molecule has 0 spiro atoms. The first-order valence-electron chi connectivity index (χ1n) is 27.5. The van der Waals surface area contributed by atoms with Crippen molar-refractivity contribution in [3.63, 3.8) is 0 Å². The Morgan fingerprint density at radius 1 is 0.493 bits per heavy atom. The van der Waals surface area contributed by atoms with Crippen molar-refractivity contribution in [1.29, 1.82) is 0 Å². The Morgan fingerprint density at radius 2 is 0.867 bits per heavy atom. The van der Waals surface area contributed by atoms with Gasteiger partial charge in [-0.3, -0.25) is 4.79 Å². The topological polar surface area (TPSA) is 28.5 Å². The lowest BCUT2D eigenvalue weighted by Gasteiger charge is -2.39. The Balaban J connectivity index is 1.36. The van der Waals surface area contributed by atoms with Crippen molar-refractivity contribution < 1.29 is 0 Å². The van der Waals surface area contributed by atoms with Crippen molar-refractivity contribution in [2.45, 2.75) is 157 Å². The third-order valence-corrected chi connectivity index (χ3v) is 17.0. The molecule has 4 bridgehead atoms. The molecule has 7 aromatic rings. The first-order valence-corrected chi connectivity index (χ1v) is 27.5. The summed E-state index contributed by atoms with van der Waals surface area (Å²) in [6.45, 7) is 41.2. The summed E-state index contributed by atoms with van der Waals surface area (Å²) in [5.74, 6) is 0.0532. The molecule has 0 radical (unpaired) electrons. The normalized spacial score (nSPS) is 18.6. The van der Waals surface area contributed by atoms with Crippen LogP contribution in [0.4, 0.5) is 34.1 Å². The molecule has 4 heteroatoms. The summed E-state index contributed by atoms with van der Waals surface area (Å²) in [5.41, 5.74) is 19.7. The second-order valence-corrected chi connectivity index (χ2v) is 27.4. The van der Waals surface area contributed by atoms with Crippen LogP contribution in [0.15, 0.2) is 156 Å². The molecule has 10 rings (SSSR count). The number of nitrogens with zero attached hydrogens (tertiary/aromatic N) is 3. The lowest BCUT2D eigenvalue weighted by atomic mass is 9.64. The van der Waals surface area contributed by atoms with Crippen LogP contribution >= 0.6 is 0 Å². The summed E-state index contributed by atoms with van der Waals surface area (Å²) in [7, 11) is 0. The molecule has 0 saturated heterocycles. The van der Waals surface area contributed by atoms with Crippen LogP contribution in [0.5, 0.6) is 0 Å². The van der Waals surface area contributed by atoms with Crippen LogP contribution < -0.4 is 15.2 Å². The van der Waals surface area contributed by atoms with Gasteiger partial charge >= 0.3 is 0 Å². The van der Waals surface area contributed by atoms with Gasteiger partial charge in [0.2, 0.25) is 0 Å². The maximum absolute atomic E-state index is 16.0. The van der Waals surface area contributed by atoms with E-state index in [-0.39, 0.29) is 44.3 Å². The third-order valence-electron chi connectivity index (χ3n) is 17.0. The minimum absolute atomic E-state index is 0.0233. The van der Waals surface area contributed by atoms with Crippen molar-refractivity contribution in [3.8, 4) is 0 Å². The fourth-order valence-corrected chi connectivity index (χ4v) is 12.2. The summed E-state index contributed by atoms with van der Waals surface area (Å²) in [4.78, 5) is 20.9. The van der Waals surface area contributed by atoms with E-state index in [1.165, 1.54) is 33.5 Å². The molecule has 386 valence electrons. The van der Waals surface area contributed by atoms with Gasteiger partial charge in [-0.1, -0.05) is 184 Å². The predicted molar refractivity (Wildman–Crippen MR) is 323 cm³/mol. The van der Waals surface area contributed by atoms with Gasteiger partial charge in [-0.05, 0) is 164 Å². The highest BCUT2D eigenvalue weighted by atomic mass is 16.1. The average Bonchev–Trinajstić information content (AvgIpc) is 3.51. The predicted octanol–water partition coefficient (Wildman–Crippen LogP) is 19.3. The number of hydrogen-bond donors (Lipinski definition) is 0. The van der Waals surface area contributed by atoms with E-state index in [0.29, 0.717) is 0 Å². The number of hydrogen-bond acceptors (Lipinski definition) is 3. The average molecular weight is 992 g/mol. The third kappa shape index (κ3) is 8.75. The van der Waals surface area contributed by atoms with E-state index >= 15 is 4.79 Å². The number of aromatic nitrogens is 1. The van der Waals surface area contributed by atoms with Gasteiger partial charge in [-0.2, -0.15) is 0 Å². The van der Waals surface area contributed by atoms with Crippen LogP contribution in [0.2, 0.25) is 0 Å². The van der Waals surface area contributed by atoms with Crippen LogP contribution in [-0.4, -0.2) is 4.57 Å². The molecular weight excluding hydrogens is 911 g/mol. The Kier molecular flexibility index (Phi) is 12.2. The standard InChI is InChI=1S/C71H81N3O/c1-44-22-40-61-63-45(2)55(43-57-64(75)56-42-50(70(15,16)17)31-41-58(56)74(61)65(57)71(44,63)18)62-59(72(51-32-23-46(24-33-51)66(3,4)5)52-34-25-47(26-35-52)67(6,7)8)20-19-21-60(62)73(53-36-27-48(28-37-53)68(9,10)11)54-38-29-49(30-39-54)69(12,13)14/h19-45H,1-18H3/t44?,45-,71?/m0/s1. The number of anilines is 6. The lowest BCUT2D eigenvalue weighted by Crippen LogP contribution is -2.34. The van der Waals surface area contributed by atoms with Crippen molar-refractivity contribution in [2.75, 3.05) is 9.80 Å². The molecule has 6 aromatic carbocycles. The number of allylic oxidation sites excluding steroid dienone is 5. The van der Waals surface area contributed by atoms with Gasteiger partial charge in [0.25, 0.3) is 0 Å².